The summed E-state index contributed by atoms with van der Waals surface area (Å²) in [7, 11) is 1.91. The van der Waals surface area contributed by atoms with Crippen molar-refractivity contribution in [3.05, 3.63) is 16.6 Å². The Morgan fingerprint density at radius 1 is 1.53 bits per heavy atom. The van der Waals surface area contributed by atoms with Gasteiger partial charge in [0.15, 0.2) is 5.78 Å². The van der Waals surface area contributed by atoms with Crippen molar-refractivity contribution in [1.82, 2.24) is 9.78 Å². The lowest BCUT2D eigenvalue weighted by atomic mass is 10.1. The second kappa shape index (κ2) is 3.45. The lowest BCUT2D eigenvalue weighted by molar-refractivity contribution is 0.0943. The maximum Gasteiger partial charge on any atom is 0.175 e. The summed E-state index contributed by atoms with van der Waals surface area (Å²) in [5.74, 6) is 0.280. The maximum absolute atomic E-state index is 11.8. The molecule has 0 bridgehead atoms. The smallest absolute Gasteiger partial charge is 0.175 e. The molecule has 15 heavy (non-hydrogen) atoms. The Labute approximate surface area is 92.7 Å². The first kappa shape index (κ1) is 10.4. The Balaban J connectivity index is 2.57. The molecule has 0 atom stereocenters. The number of nitrogens with zero attached hydrogens (tertiary/aromatic N) is 2. The van der Waals surface area contributed by atoms with Gasteiger partial charge in [-0.1, -0.05) is 13.8 Å². The van der Waals surface area contributed by atoms with Crippen LogP contribution in [-0.2, 0) is 7.05 Å². The fourth-order valence-electron chi connectivity index (χ4n) is 1.61. The Morgan fingerprint density at radius 2 is 2.20 bits per heavy atom. The van der Waals surface area contributed by atoms with Gasteiger partial charge in [-0.3, -0.25) is 9.48 Å². The molecule has 3 nitrogen and oxygen atoms in total. The summed E-state index contributed by atoms with van der Waals surface area (Å²) in [5.41, 5.74) is 0.992. The van der Waals surface area contributed by atoms with Gasteiger partial charge >= 0.3 is 0 Å². The van der Waals surface area contributed by atoms with Crippen LogP contribution in [0, 0.1) is 12.8 Å². The SMILES string of the molecule is Cc1nn(C)c2sc(C(=O)C(C)C)cc12. The van der Waals surface area contributed by atoms with E-state index >= 15 is 0 Å². The Morgan fingerprint density at radius 3 is 2.73 bits per heavy atom. The van der Waals surface area contributed by atoms with Crippen LogP contribution in [0.2, 0.25) is 0 Å². The number of hydrogen-bond donors (Lipinski definition) is 0. The molecule has 0 aromatic carbocycles. The molecular formula is C11H14N2OS. The van der Waals surface area contributed by atoms with Crippen molar-refractivity contribution in [3.8, 4) is 0 Å². The highest BCUT2D eigenvalue weighted by molar-refractivity contribution is 7.20. The maximum atomic E-state index is 11.8. The van der Waals surface area contributed by atoms with E-state index in [0.717, 1.165) is 20.8 Å². The van der Waals surface area contributed by atoms with E-state index < -0.39 is 0 Å². The number of rotatable bonds is 2. The van der Waals surface area contributed by atoms with Crippen LogP contribution in [0.1, 0.15) is 29.2 Å². The highest BCUT2D eigenvalue weighted by Gasteiger charge is 2.16. The summed E-state index contributed by atoms with van der Waals surface area (Å²) in [6.45, 7) is 5.83. The van der Waals surface area contributed by atoms with E-state index in [1.54, 1.807) is 0 Å². The van der Waals surface area contributed by atoms with Crippen molar-refractivity contribution < 1.29 is 4.79 Å². The van der Waals surface area contributed by atoms with E-state index in [1.165, 1.54) is 11.3 Å². The van der Waals surface area contributed by atoms with Gasteiger partial charge in [0.1, 0.15) is 4.83 Å². The van der Waals surface area contributed by atoms with Gasteiger partial charge < -0.3 is 0 Å². The number of Topliss-reactive ketones (excluding diaryl/α,β-unsaturated/α-hetero) is 1. The molecule has 0 radical (unpaired) electrons. The molecule has 0 saturated heterocycles. The fraction of sp³-hybridized carbons (Fsp3) is 0.455. The summed E-state index contributed by atoms with van der Waals surface area (Å²) >= 11 is 1.53. The number of ketones is 1. The van der Waals surface area contributed by atoms with Crippen molar-refractivity contribution >= 4 is 27.3 Å². The quantitative estimate of drug-likeness (QED) is 0.732. The van der Waals surface area contributed by atoms with Crippen LogP contribution >= 0.6 is 11.3 Å². The van der Waals surface area contributed by atoms with Crippen molar-refractivity contribution in [1.29, 1.82) is 0 Å². The highest BCUT2D eigenvalue weighted by Crippen LogP contribution is 2.29. The van der Waals surface area contributed by atoms with Crippen LogP contribution in [0.5, 0.6) is 0 Å². The van der Waals surface area contributed by atoms with Gasteiger partial charge in [-0.15, -0.1) is 11.3 Å². The molecule has 0 aliphatic heterocycles. The zero-order valence-corrected chi connectivity index (χ0v) is 10.2. The van der Waals surface area contributed by atoms with Gasteiger partial charge in [0.05, 0.1) is 10.6 Å². The average Bonchev–Trinajstić information content (AvgIpc) is 2.68. The van der Waals surface area contributed by atoms with Crippen molar-refractivity contribution in [2.24, 2.45) is 13.0 Å². The molecule has 0 aliphatic rings. The van der Waals surface area contributed by atoms with Crippen LogP contribution in [0.15, 0.2) is 6.07 Å². The van der Waals surface area contributed by atoms with Gasteiger partial charge in [-0.2, -0.15) is 5.10 Å². The summed E-state index contributed by atoms with van der Waals surface area (Å²) in [6.07, 6.45) is 0. The molecule has 0 unspecified atom stereocenters. The van der Waals surface area contributed by atoms with E-state index in [2.05, 4.69) is 5.10 Å². The Hall–Kier alpha value is -1.16. The van der Waals surface area contributed by atoms with Crippen LogP contribution in [-0.4, -0.2) is 15.6 Å². The molecule has 0 spiro atoms. The zero-order valence-electron chi connectivity index (χ0n) is 9.37. The van der Waals surface area contributed by atoms with Crippen LogP contribution in [0.3, 0.4) is 0 Å². The lowest BCUT2D eigenvalue weighted by Crippen LogP contribution is -2.04. The van der Waals surface area contributed by atoms with Gasteiger partial charge in [-0.05, 0) is 13.0 Å². The van der Waals surface area contributed by atoms with E-state index in [1.807, 2.05) is 38.6 Å². The molecule has 80 valence electrons. The molecule has 0 fully saturated rings. The summed E-state index contributed by atoms with van der Waals surface area (Å²) < 4.78 is 1.84. The number of carbonyl (C=O) groups is 1. The molecule has 0 aliphatic carbocycles. The molecule has 0 amide bonds. The van der Waals surface area contributed by atoms with Crippen LogP contribution in [0.4, 0.5) is 0 Å². The van der Waals surface area contributed by atoms with Crippen LogP contribution < -0.4 is 0 Å². The normalized spacial score (nSPS) is 11.5. The third-order valence-electron chi connectivity index (χ3n) is 2.46. The van der Waals surface area contributed by atoms with Crippen LogP contribution in [0.25, 0.3) is 10.2 Å². The molecule has 0 saturated carbocycles. The molecular weight excluding hydrogens is 208 g/mol. The standard InChI is InChI=1S/C11H14N2OS/c1-6(2)10(14)9-5-8-7(3)12-13(4)11(8)15-9/h5-6H,1-4H3. The van der Waals surface area contributed by atoms with E-state index in [0.29, 0.717) is 0 Å². The van der Waals surface area contributed by atoms with Gasteiger partial charge in [0, 0.05) is 18.4 Å². The first-order valence-corrected chi connectivity index (χ1v) is 5.79. The average molecular weight is 222 g/mol. The topological polar surface area (TPSA) is 34.9 Å². The monoisotopic (exact) mass is 222 g/mol. The minimum absolute atomic E-state index is 0.0614. The predicted octanol–water partition coefficient (Wildman–Crippen LogP) is 2.78. The van der Waals surface area contributed by atoms with E-state index in [4.69, 9.17) is 0 Å². The highest BCUT2D eigenvalue weighted by atomic mass is 32.1. The number of aryl methyl sites for hydroxylation is 2. The third-order valence-corrected chi connectivity index (χ3v) is 3.68. The summed E-state index contributed by atoms with van der Waals surface area (Å²) in [4.78, 5) is 13.7. The predicted molar refractivity (Wildman–Crippen MR) is 62.5 cm³/mol. The number of carbonyl (C=O) groups excluding carboxylic acids is 1. The number of thiophene rings is 1. The van der Waals surface area contributed by atoms with Crippen molar-refractivity contribution in [2.45, 2.75) is 20.8 Å². The molecule has 0 N–H and O–H groups in total. The fourth-order valence-corrected chi connectivity index (χ4v) is 2.82. The second-order valence-electron chi connectivity index (χ2n) is 4.06. The molecule has 2 rings (SSSR count). The zero-order chi connectivity index (χ0) is 11.2. The largest absolute Gasteiger partial charge is 0.293 e. The lowest BCUT2D eigenvalue weighted by Gasteiger charge is -1.99. The third kappa shape index (κ3) is 1.59. The van der Waals surface area contributed by atoms with Gasteiger partial charge in [0.25, 0.3) is 0 Å². The minimum Gasteiger partial charge on any atom is -0.293 e. The van der Waals surface area contributed by atoms with Gasteiger partial charge in [-0.25, -0.2) is 0 Å². The van der Waals surface area contributed by atoms with Crippen molar-refractivity contribution in [3.63, 3.8) is 0 Å². The molecule has 2 aromatic rings. The van der Waals surface area contributed by atoms with Crippen molar-refractivity contribution in [2.75, 3.05) is 0 Å². The Bertz CT molecular complexity index is 487. The number of fused-ring (bicyclic) bond motifs is 1. The summed E-state index contributed by atoms with van der Waals surface area (Å²) in [6, 6.07) is 1.96. The first-order chi connectivity index (χ1) is 7.00. The van der Waals surface area contributed by atoms with Gasteiger partial charge in [0.2, 0.25) is 0 Å². The molecule has 2 aromatic heterocycles. The van der Waals surface area contributed by atoms with E-state index in [9.17, 15) is 4.79 Å². The van der Waals surface area contributed by atoms with E-state index in [-0.39, 0.29) is 11.7 Å². The second-order valence-corrected chi connectivity index (χ2v) is 5.09. The molecule has 2 heterocycles. The number of hydrogen-bond acceptors (Lipinski definition) is 3. The Kier molecular flexibility index (Phi) is 2.38. The minimum atomic E-state index is 0.0614. The number of aromatic nitrogens is 2. The first-order valence-electron chi connectivity index (χ1n) is 4.98. The molecule has 4 heteroatoms. The summed E-state index contributed by atoms with van der Waals surface area (Å²) in [5, 5.41) is 5.41.